The van der Waals surface area contributed by atoms with Gasteiger partial charge in [-0.3, -0.25) is 0 Å². The standard InChI is InChI=1S/C17H33NO3/c1-7-18-17(5,16(19)20-6)11-21-15-10-13(4)8-9-14(15)12(2)3/h12-15,18H,7-11H2,1-6H3. The molecule has 4 atom stereocenters. The number of rotatable bonds is 7. The van der Waals surface area contributed by atoms with Gasteiger partial charge < -0.3 is 14.8 Å². The molecule has 21 heavy (non-hydrogen) atoms. The van der Waals surface area contributed by atoms with E-state index >= 15 is 0 Å². The molecular formula is C17H33NO3. The van der Waals surface area contributed by atoms with Crippen LogP contribution >= 0.6 is 0 Å². The van der Waals surface area contributed by atoms with Crippen molar-refractivity contribution in [3.8, 4) is 0 Å². The number of likely N-dealkylation sites (N-methyl/N-ethyl adjacent to an activating group) is 1. The van der Waals surface area contributed by atoms with E-state index in [9.17, 15) is 4.79 Å². The number of esters is 1. The second-order valence-electron chi connectivity index (χ2n) is 7.03. The van der Waals surface area contributed by atoms with E-state index in [1.54, 1.807) is 0 Å². The summed E-state index contributed by atoms with van der Waals surface area (Å²) in [5.74, 6) is 1.65. The van der Waals surface area contributed by atoms with E-state index in [1.165, 1.54) is 20.0 Å². The van der Waals surface area contributed by atoms with Gasteiger partial charge in [0.1, 0.15) is 5.54 Å². The van der Waals surface area contributed by atoms with Gasteiger partial charge in [0, 0.05) is 0 Å². The van der Waals surface area contributed by atoms with Gasteiger partial charge in [0.25, 0.3) is 0 Å². The first kappa shape index (κ1) is 18.4. The van der Waals surface area contributed by atoms with Gasteiger partial charge in [0.05, 0.1) is 19.8 Å². The van der Waals surface area contributed by atoms with Gasteiger partial charge >= 0.3 is 5.97 Å². The minimum absolute atomic E-state index is 0.247. The number of ether oxygens (including phenoxy) is 2. The fourth-order valence-corrected chi connectivity index (χ4v) is 3.38. The Morgan fingerprint density at radius 2 is 2.05 bits per heavy atom. The van der Waals surface area contributed by atoms with Crippen molar-refractivity contribution in [2.24, 2.45) is 17.8 Å². The lowest BCUT2D eigenvalue weighted by Gasteiger charge is -2.39. The molecule has 0 heterocycles. The van der Waals surface area contributed by atoms with Gasteiger partial charge in [0.15, 0.2) is 0 Å². The molecule has 0 aliphatic heterocycles. The quantitative estimate of drug-likeness (QED) is 0.734. The minimum atomic E-state index is -0.758. The van der Waals surface area contributed by atoms with E-state index < -0.39 is 5.54 Å². The van der Waals surface area contributed by atoms with Gasteiger partial charge in [-0.1, -0.05) is 34.1 Å². The summed E-state index contributed by atoms with van der Waals surface area (Å²) in [6.45, 7) is 11.7. The van der Waals surface area contributed by atoms with Gasteiger partial charge in [-0.25, -0.2) is 4.79 Å². The Morgan fingerprint density at radius 1 is 1.38 bits per heavy atom. The average Bonchev–Trinajstić information content (AvgIpc) is 2.44. The van der Waals surface area contributed by atoms with E-state index in [1.807, 2.05) is 13.8 Å². The smallest absolute Gasteiger partial charge is 0.328 e. The molecule has 1 rings (SSSR count). The molecule has 1 aliphatic carbocycles. The zero-order valence-electron chi connectivity index (χ0n) is 14.6. The van der Waals surface area contributed by atoms with Crippen molar-refractivity contribution in [2.75, 3.05) is 20.3 Å². The highest BCUT2D eigenvalue weighted by Crippen LogP contribution is 2.35. The van der Waals surface area contributed by atoms with Gasteiger partial charge in [-0.15, -0.1) is 0 Å². The third kappa shape index (κ3) is 4.96. The van der Waals surface area contributed by atoms with Crippen LogP contribution in [0.1, 0.15) is 53.9 Å². The van der Waals surface area contributed by atoms with Crippen LogP contribution in [0, 0.1) is 17.8 Å². The van der Waals surface area contributed by atoms with Gasteiger partial charge in [-0.2, -0.15) is 0 Å². The highest BCUT2D eigenvalue weighted by Gasteiger charge is 2.37. The van der Waals surface area contributed by atoms with Crippen LogP contribution in [0.4, 0.5) is 0 Å². The number of nitrogens with one attached hydrogen (secondary N) is 1. The number of hydrogen-bond donors (Lipinski definition) is 1. The zero-order chi connectivity index (χ0) is 16.0. The molecule has 0 radical (unpaired) electrons. The van der Waals surface area contributed by atoms with E-state index in [0.717, 1.165) is 6.42 Å². The lowest BCUT2D eigenvalue weighted by Crippen LogP contribution is -2.54. The number of carbonyl (C=O) groups is 1. The second-order valence-corrected chi connectivity index (χ2v) is 7.03. The first-order chi connectivity index (χ1) is 9.84. The normalized spacial score (nSPS) is 29.2. The van der Waals surface area contributed by atoms with Crippen LogP contribution in [0.15, 0.2) is 0 Å². The van der Waals surface area contributed by atoms with Crippen LogP contribution in [0.5, 0.6) is 0 Å². The Bertz CT molecular complexity index is 332. The summed E-state index contributed by atoms with van der Waals surface area (Å²) in [7, 11) is 1.43. The summed E-state index contributed by atoms with van der Waals surface area (Å²) in [4.78, 5) is 12.0. The topological polar surface area (TPSA) is 47.6 Å². The van der Waals surface area contributed by atoms with E-state index in [-0.39, 0.29) is 12.1 Å². The summed E-state index contributed by atoms with van der Waals surface area (Å²) in [5.41, 5.74) is -0.758. The lowest BCUT2D eigenvalue weighted by molar-refractivity contribution is -0.153. The molecule has 0 spiro atoms. The monoisotopic (exact) mass is 299 g/mol. The van der Waals surface area contributed by atoms with E-state index in [0.29, 0.717) is 30.9 Å². The van der Waals surface area contributed by atoms with Crippen molar-refractivity contribution in [3.63, 3.8) is 0 Å². The number of methoxy groups -OCH3 is 1. The van der Waals surface area contributed by atoms with Crippen LogP contribution < -0.4 is 5.32 Å². The maximum Gasteiger partial charge on any atom is 0.328 e. The molecular weight excluding hydrogens is 266 g/mol. The maximum atomic E-state index is 12.0. The third-order valence-electron chi connectivity index (χ3n) is 4.75. The largest absolute Gasteiger partial charge is 0.468 e. The third-order valence-corrected chi connectivity index (χ3v) is 4.75. The van der Waals surface area contributed by atoms with Crippen molar-refractivity contribution in [3.05, 3.63) is 0 Å². The molecule has 1 fully saturated rings. The summed E-state index contributed by atoms with van der Waals surface area (Å²) < 4.78 is 11.1. The van der Waals surface area contributed by atoms with Crippen LogP contribution in [-0.4, -0.2) is 37.9 Å². The Hall–Kier alpha value is -0.610. The molecule has 1 N–H and O–H groups in total. The summed E-state index contributed by atoms with van der Waals surface area (Å²) in [5, 5.41) is 3.21. The first-order valence-corrected chi connectivity index (χ1v) is 8.29. The molecule has 4 heteroatoms. The van der Waals surface area contributed by atoms with Crippen molar-refractivity contribution in [2.45, 2.75) is 65.5 Å². The van der Waals surface area contributed by atoms with Crippen LogP contribution in [0.3, 0.4) is 0 Å². The Balaban J connectivity index is 2.69. The zero-order valence-corrected chi connectivity index (χ0v) is 14.6. The fourth-order valence-electron chi connectivity index (χ4n) is 3.38. The lowest BCUT2D eigenvalue weighted by atomic mass is 9.75. The SMILES string of the molecule is CCNC(C)(COC1CC(C)CCC1C(C)C)C(=O)OC. The summed E-state index contributed by atoms with van der Waals surface area (Å²) in [6.07, 6.45) is 3.84. The summed E-state index contributed by atoms with van der Waals surface area (Å²) >= 11 is 0. The summed E-state index contributed by atoms with van der Waals surface area (Å²) in [6, 6.07) is 0. The van der Waals surface area contributed by atoms with Crippen molar-refractivity contribution >= 4 is 5.97 Å². The fraction of sp³-hybridized carbons (Fsp3) is 0.941. The molecule has 1 aliphatic rings. The predicted molar refractivity (Wildman–Crippen MR) is 85.2 cm³/mol. The molecule has 1 saturated carbocycles. The van der Waals surface area contributed by atoms with Crippen molar-refractivity contribution in [1.82, 2.24) is 5.32 Å². The minimum Gasteiger partial charge on any atom is -0.468 e. The Morgan fingerprint density at radius 3 is 2.57 bits per heavy atom. The first-order valence-electron chi connectivity index (χ1n) is 8.29. The molecule has 0 aromatic heterocycles. The van der Waals surface area contributed by atoms with Crippen LogP contribution in [0.25, 0.3) is 0 Å². The van der Waals surface area contributed by atoms with Crippen molar-refractivity contribution in [1.29, 1.82) is 0 Å². The Kier molecular flexibility index (Phi) is 7.14. The molecule has 0 saturated heterocycles. The highest BCUT2D eigenvalue weighted by atomic mass is 16.5. The molecule has 4 nitrogen and oxygen atoms in total. The average molecular weight is 299 g/mol. The molecule has 0 amide bonds. The van der Waals surface area contributed by atoms with Gasteiger partial charge in [0.2, 0.25) is 0 Å². The molecule has 4 unspecified atom stereocenters. The van der Waals surface area contributed by atoms with Gasteiger partial charge in [-0.05, 0) is 44.1 Å². The predicted octanol–water partition coefficient (Wildman–Crippen LogP) is 3.01. The van der Waals surface area contributed by atoms with Crippen molar-refractivity contribution < 1.29 is 14.3 Å². The molecule has 124 valence electrons. The van der Waals surface area contributed by atoms with Crippen LogP contribution in [0.2, 0.25) is 0 Å². The highest BCUT2D eigenvalue weighted by molar-refractivity contribution is 5.80. The molecule has 0 aromatic carbocycles. The second kappa shape index (κ2) is 8.14. The van der Waals surface area contributed by atoms with Crippen LogP contribution in [-0.2, 0) is 14.3 Å². The maximum absolute atomic E-state index is 12.0. The number of hydrogen-bond acceptors (Lipinski definition) is 4. The number of carbonyl (C=O) groups excluding carboxylic acids is 1. The Labute approximate surface area is 130 Å². The molecule has 0 aromatic rings. The van der Waals surface area contributed by atoms with E-state index in [2.05, 4.69) is 26.1 Å². The van der Waals surface area contributed by atoms with E-state index in [4.69, 9.17) is 9.47 Å². The molecule has 0 bridgehead atoms.